The fourth-order valence-corrected chi connectivity index (χ4v) is 3.83. The molecule has 26 heavy (non-hydrogen) atoms. The Kier molecular flexibility index (Phi) is 6.69. The molecule has 1 saturated heterocycles. The van der Waals surface area contributed by atoms with Gasteiger partial charge in [-0.25, -0.2) is 0 Å². The number of halogens is 1. The first-order valence-electron chi connectivity index (χ1n) is 9.00. The minimum Gasteiger partial charge on any atom is -0.373 e. The maximum atomic E-state index is 5.99. The van der Waals surface area contributed by atoms with Crippen molar-refractivity contribution < 1.29 is 4.74 Å². The minimum absolute atomic E-state index is 0.162. The van der Waals surface area contributed by atoms with Crippen LogP contribution in [0.2, 0.25) is 0 Å². The van der Waals surface area contributed by atoms with Crippen LogP contribution in [0.25, 0.3) is 0 Å². The van der Waals surface area contributed by atoms with Gasteiger partial charge in [-0.1, -0.05) is 64.5 Å². The molecule has 5 heteroatoms. The summed E-state index contributed by atoms with van der Waals surface area (Å²) in [5.74, 6) is 1.35. The first kappa shape index (κ1) is 18.9. The molecule has 0 aromatic heterocycles. The van der Waals surface area contributed by atoms with Crippen molar-refractivity contribution >= 4 is 21.9 Å². The number of aliphatic imine (C=N–C) groups is 1. The van der Waals surface area contributed by atoms with Crippen LogP contribution in [0.5, 0.6) is 0 Å². The highest BCUT2D eigenvalue weighted by atomic mass is 79.9. The number of nitrogens with one attached hydrogen (secondary N) is 1. The second-order valence-corrected chi connectivity index (χ2v) is 7.48. The topological polar surface area (TPSA) is 36.9 Å². The van der Waals surface area contributed by atoms with Crippen LogP contribution in [0.15, 0.2) is 64.1 Å². The van der Waals surface area contributed by atoms with E-state index < -0.39 is 0 Å². The van der Waals surface area contributed by atoms with Gasteiger partial charge >= 0.3 is 0 Å². The van der Waals surface area contributed by atoms with Gasteiger partial charge in [-0.3, -0.25) is 4.99 Å². The zero-order valence-corrected chi connectivity index (χ0v) is 16.9. The van der Waals surface area contributed by atoms with Gasteiger partial charge in [0.15, 0.2) is 5.96 Å². The fraction of sp³-hybridized carbons (Fsp3) is 0.381. The third-order valence-electron chi connectivity index (χ3n) is 4.80. The molecule has 3 rings (SSSR count). The third kappa shape index (κ3) is 4.65. The molecule has 1 heterocycles. The van der Waals surface area contributed by atoms with Crippen molar-refractivity contribution in [3.05, 3.63) is 70.2 Å². The van der Waals surface area contributed by atoms with Crippen LogP contribution >= 0.6 is 15.9 Å². The average molecular weight is 416 g/mol. The normalized spacial score (nSPS) is 20.2. The van der Waals surface area contributed by atoms with Gasteiger partial charge in [-0.05, 0) is 23.6 Å². The second kappa shape index (κ2) is 9.19. The molecule has 1 aliphatic rings. The van der Waals surface area contributed by atoms with Crippen molar-refractivity contribution in [2.45, 2.75) is 19.1 Å². The molecule has 2 aromatic carbocycles. The van der Waals surface area contributed by atoms with Crippen LogP contribution in [0, 0.1) is 5.92 Å². The molecular weight excluding hydrogens is 390 g/mol. The van der Waals surface area contributed by atoms with E-state index in [-0.39, 0.29) is 6.10 Å². The summed E-state index contributed by atoms with van der Waals surface area (Å²) < 4.78 is 7.11. The Morgan fingerprint density at radius 3 is 2.65 bits per heavy atom. The molecule has 1 fully saturated rings. The maximum Gasteiger partial charge on any atom is 0.193 e. The summed E-state index contributed by atoms with van der Waals surface area (Å²) in [6, 6.07) is 18.8. The van der Waals surface area contributed by atoms with Crippen molar-refractivity contribution in [2.24, 2.45) is 10.9 Å². The molecule has 2 atom stereocenters. The number of guanidine groups is 1. The number of hydrogen-bond donors (Lipinski definition) is 1. The van der Waals surface area contributed by atoms with Gasteiger partial charge in [0.1, 0.15) is 0 Å². The van der Waals surface area contributed by atoms with Gasteiger partial charge in [0.05, 0.1) is 6.10 Å². The van der Waals surface area contributed by atoms with Crippen LogP contribution in [-0.2, 0) is 11.3 Å². The van der Waals surface area contributed by atoms with Gasteiger partial charge < -0.3 is 15.0 Å². The first-order chi connectivity index (χ1) is 12.7. The quantitative estimate of drug-likeness (QED) is 0.586. The highest BCUT2D eigenvalue weighted by molar-refractivity contribution is 9.10. The van der Waals surface area contributed by atoms with E-state index in [2.05, 4.69) is 80.7 Å². The summed E-state index contributed by atoms with van der Waals surface area (Å²) in [5, 5.41) is 3.53. The number of hydrogen-bond acceptors (Lipinski definition) is 2. The van der Waals surface area contributed by atoms with E-state index in [1.807, 2.05) is 19.2 Å². The Bertz CT molecular complexity index is 735. The molecule has 1 N–H and O–H groups in total. The summed E-state index contributed by atoms with van der Waals surface area (Å²) in [6.07, 6.45) is 1.23. The molecule has 1 aliphatic heterocycles. The predicted octanol–water partition coefficient (Wildman–Crippen LogP) is 4.23. The molecule has 0 radical (unpaired) electrons. The standard InChI is InChI=1S/C21H26BrN3O/c1-23-21(25(2)15-18-10-6-7-11-19(18)22)24-14-17-12-13-26-20(17)16-8-4-3-5-9-16/h3-11,17,20H,12-15H2,1-2H3,(H,23,24). The Hall–Kier alpha value is -1.85. The lowest BCUT2D eigenvalue weighted by Crippen LogP contribution is -2.41. The summed E-state index contributed by atoms with van der Waals surface area (Å²) in [5.41, 5.74) is 2.50. The molecule has 2 aromatic rings. The number of nitrogens with zero attached hydrogens (tertiary/aromatic N) is 2. The number of rotatable bonds is 5. The van der Waals surface area contributed by atoms with Crippen molar-refractivity contribution in [2.75, 3.05) is 27.2 Å². The zero-order valence-electron chi connectivity index (χ0n) is 15.4. The molecule has 0 saturated carbocycles. The van der Waals surface area contributed by atoms with E-state index in [9.17, 15) is 0 Å². The maximum absolute atomic E-state index is 5.99. The van der Waals surface area contributed by atoms with Gasteiger partial charge in [0.25, 0.3) is 0 Å². The van der Waals surface area contributed by atoms with Crippen LogP contribution in [-0.4, -0.2) is 38.1 Å². The predicted molar refractivity (Wildman–Crippen MR) is 110 cm³/mol. The number of ether oxygens (including phenoxy) is 1. The van der Waals surface area contributed by atoms with Crippen LogP contribution in [0.4, 0.5) is 0 Å². The third-order valence-corrected chi connectivity index (χ3v) is 5.58. The van der Waals surface area contributed by atoms with Crippen LogP contribution < -0.4 is 5.32 Å². The molecule has 138 valence electrons. The molecule has 0 amide bonds. The summed E-state index contributed by atoms with van der Waals surface area (Å²) in [4.78, 5) is 6.59. The first-order valence-corrected chi connectivity index (χ1v) is 9.80. The van der Waals surface area contributed by atoms with Gasteiger partial charge in [0, 0.05) is 44.2 Å². The summed E-state index contributed by atoms with van der Waals surface area (Å²) in [6.45, 7) is 2.47. The zero-order chi connectivity index (χ0) is 18.4. The Labute approximate surface area is 164 Å². The molecule has 2 unspecified atom stereocenters. The summed E-state index contributed by atoms with van der Waals surface area (Å²) in [7, 11) is 3.90. The lowest BCUT2D eigenvalue weighted by Gasteiger charge is -2.25. The largest absolute Gasteiger partial charge is 0.373 e. The Balaban J connectivity index is 1.59. The van der Waals surface area contributed by atoms with Crippen molar-refractivity contribution in [1.82, 2.24) is 10.2 Å². The fourth-order valence-electron chi connectivity index (χ4n) is 3.42. The SMILES string of the molecule is CN=C(NCC1CCOC1c1ccccc1)N(C)Cc1ccccc1Br. The summed E-state index contributed by atoms with van der Waals surface area (Å²) >= 11 is 3.62. The second-order valence-electron chi connectivity index (χ2n) is 6.63. The lowest BCUT2D eigenvalue weighted by molar-refractivity contribution is 0.0914. The van der Waals surface area contributed by atoms with E-state index in [1.165, 1.54) is 11.1 Å². The molecule has 0 aliphatic carbocycles. The van der Waals surface area contributed by atoms with Gasteiger partial charge in [-0.2, -0.15) is 0 Å². The van der Waals surface area contributed by atoms with Crippen molar-refractivity contribution in [3.8, 4) is 0 Å². The van der Waals surface area contributed by atoms with E-state index >= 15 is 0 Å². The van der Waals surface area contributed by atoms with Crippen LogP contribution in [0.1, 0.15) is 23.7 Å². The van der Waals surface area contributed by atoms with Crippen LogP contribution in [0.3, 0.4) is 0 Å². The Morgan fingerprint density at radius 2 is 1.92 bits per heavy atom. The van der Waals surface area contributed by atoms with Gasteiger partial charge in [0.2, 0.25) is 0 Å². The van der Waals surface area contributed by atoms with Gasteiger partial charge in [-0.15, -0.1) is 0 Å². The smallest absolute Gasteiger partial charge is 0.193 e. The van der Waals surface area contributed by atoms with E-state index in [4.69, 9.17) is 4.74 Å². The highest BCUT2D eigenvalue weighted by Gasteiger charge is 2.29. The molecule has 0 bridgehead atoms. The Morgan fingerprint density at radius 1 is 1.19 bits per heavy atom. The monoisotopic (exact) mass is 415 g/mol. The van der Waals surface area contributed by atoms with E-state index in [0.717, 1.165) is 36.5 Å². The van der Waals surface area contributed by atoms with E-state index in [1.54, 1.807) is 0 Å². The lowest BCUT2D eigenvalue weighted by atomic mass is 9.95. The average Bonchev–Trinajstić information content (AvgIpc) is 3.13. The highest BCUT2D eigenvalue weighted by Crippen LogP contribution is 2.33. The number of benzene rings is 2. The molecular formula is C21H26BrN3O. The van der Waals surface area contributed by atoms with E-state index in [0.29, 0.717) is 5.92 Å². The van der Waals surface area contributed by atoms with Crippen molar-refractivity contribution in [3.63, 3.8) is 0 Å². The minimum atomic E-state index is 0.162. The molecule has 4 nitrogen and oxygen atoms in total. The van der Waals surface area contributed by atoms with Crippen molar-refractivity contribution in [1.29, 1.82) is 0 Å². The molecule has 0 spiro atoms.